The van der Waals surface area contributed by atoms with Crippen LogP contribution >= 0.6 is 0 Å². The smallest absolute Gasteiger partial charge is 0.139 e. The molecule has 0 aliphatic rings. The summed E-state index contributed by atoms with van der Waals surface area (Å²) in [5.41, 5.74) is 6.81. The molecule has 4 heteroatoms. The largest absolute Gasteiger partial charge is 0.464 e. The lowest BCUT2D eigenvalue weighted by molar-refractivity contribution is 0.511. The summed E-state index contributed by atoms with van der Waals surface area (Å²) in [4.78, 5) is 4.28. The molecule has 0 fully saturated rings. The van der Waals surface area contributed by atoms with Gasteiger partial charge in [0.15, 0.2) is 0 Å². The van der Waals surface area contributed by atoms with E-state index in [4.69, 9.17) is 10.2 Å². The van der Waals surface area contributed by atoms with Crippen molar-refractivity contribution in [2.75, 3.05) is 11.9 Å². The van der Waals surface area contributed by atoms with Gasteiger partial charge in [-0.05, 0) is 18.1 Å². The van der Waals surface area contributed by atoms with E-state index in [-0.39, 0.29) is 6.04 Å². The van der Waals surface area contributed by atoms with Crippen molar-refractivity contribution >= 4 is 16.8 Å². The normalized spacial score (nSPS) is 13.2. The van der Waals surface area contributed by atoms with Gasteiger partial charge in [0.25, 0.3) is 0 Å². The minimum absolute atomic E-state index is 0.129. The molecule has 4 nitrogen and oxygen atoms in total. The summed E-state index contributed by atoms with van der Waals surface area (Å²) in [5, 5.41) is 4.26. The van der Waals surface area contributed by atoms with Gasteiger partial charge in [0.2, 0.25) is 0 Å². The molecule has 0 saturated heterocycles. The molecule has 1 unspecified atom stereocenters. The molecule has 0 saturated carbocycles. The summed E-state index contributed by atoms with van der Waals surface area (Å²) in [7, 11) is 0. The van der Waals surface area contributed by atoms with Gasteiger partial charge in [0.05, 0.1) is 11.6 Å². The van der Waals surface area contributed by atoms with Crippen molar-refractivity contribution in [3.05, 3.63) is 24.6 Å². The Labute approximate surface area is 94.8 Å². The number of hydrogen-bond donors (Lipinski definition) is 2. The predicted molar refractivity (Wildman–Crippen MR) is 65.3 cm³/mol. The quantitative estimate of drug-likeness (QED) is 0.827. The second kappa shape index (κ2) is 4.53. The Hall–Kier alpha value is -1.55. The number of anilines is 1. The number of rotatable bonds is 4. The van der Waals surface area contributed by atoms with E-state index in [1.807, 2.05) is 12.1 Å². The first kappa shape index (κ1) is 11.0. The third-order valence-electron chi connectivity index (χ3n) is 2.74. The molecule has 0 bridgehead atoms. The maximum Gasteiger partial charge on any atom is 0.139 e. The third kappa shape index (κ3) is 2.17. The first-order valence-corrected chi connectivity index (χ1v) is 5.50. The highest BCUT2D eigenvalue weighted by atomic mass is 16.3. The van der Waals surface area contributed by atoms with E-state index in [0.29, 0.717) is 5.92 Å². The van der Waals surface area contributed by atoms with Crippen molar-refractivity contribution in [1.82, 2.24) is 4.98 Å². The second-order valence-corrected chi connectivity index (χ2v) is 4.28. The molecular formula is C12H17N3O. The van der Waals surface area contributed by atoms with Crippen LogP contribution in [0.4, 0.5) is 5.82 Å². The number of nitrogens with zero attached hydrogens (tertiary/aromatic N) is 1. The number of furan rings is 1. The number of hydrogen-bond acceptors (Lipinski definition) is 4. The monoisotopic (exact) mass is 219 g/mol. The molecule has 0 spiro atoms. The molecule has 0 aliphatic heterocycles. The van der Waals surface area contributed by atoms with Crippen LogP contribution < -0.4 is 11.1 Å². The molecule has 2 heterocycles. The first-order chi connectivity index (χ1) is 7.68. The van der Waals surface area contributed by atoms with Gasteiger partial charge in [-0.25, -0.2) is 4.98 Å². The molecular weight excluding hydrogens is 202 g/mol. The van der Waals surface area contributed by atoms with Gasteiger partial charge in [-0.15, -0.1) is 0 Å². The minimum Gasteiger partial charge on any atom is -0.464 e. The topological polar surface area (TPSA) is 64.1 Å². The zero-order chi connectivity index (χ0) is 11.5. The van der Waals surface area contributed by atoms with Crippen LogP contribution in [0, 0.1) is 5.92 Å². The average molecular weight is 219 g/mol. The molecule has 0 amide bonds. The summed E-state index contributed by atoms with van der Waals surface area (Å²) in [5.74, 6) is 1.29. The fourth-order valence-corrected chi connectivity index (χ4v) is 1.49. The van der Waals surface area contributed by atoms with Gasteiger partial charge in [0.1, 0.15) is 11.4 Å². The lowest BCUT2D eigenvalue weighted by atomic mass is 10.1. The van der Waals surface area contributed by atoms with Crippen molar-refractivity contribution in [1.29, 1.82) is 0 Å². The predicted octanol–water partition coefficient (Wildman–Crippen LogP) is 2.22. The van der Waals surface area contributed by atoms with E-state index < -0.39 is 0 Å². The molecule has 2 aromatic rings. The summed E-state index contributed by atoms with van der Waals surface area (Å²) in [6, 6.07) is 3.89. The molecule has 16 heavy (non-hydrogen) atoms. The van der Waals surface area contributed by atoms with E-state index >= 15 is 0 Å². The van der Waals surface area contributed by atoms with Crippen LogP contribution in [0.1, 0.15) is 13.8 Å². The van der Waals surface area contributed by atoms with Crippen LogP contribution in [-0.2, 0) is 0 Å². The first-order valence-electron chi connectivity index (χ1n) is 5.50. The summed E-state index contributed by atoms with van der Waals surface area (Å²) in [6.07, 6.45) is 3.40. The van der Waals surface area contributed by atoms with Gasteiger partial charge in [-0.3, -0.25) is 0 Å². The minimum atomic E-state index is 0.129. The molecule has 0 aliphatic carbocycles. The SMILES string of the molecule is CC(C)C(N)CNc1nccc2occc12. The maximum atomic E-state index is 5.97. The fraction of sp³-hybridized carbons (Fsp3) is 0.417. The highest BCUT2D eigenvalue weighted by Crippen LogP contribution is 2.21. The number of pyridine rings is 1. The van der Waals surface area contributed by atoms with E-state index in [1.165, 1.54) is 0 Å². The van der Waals surface area contributed by atoms with Crippen molar-refractivity contribution in [2.24, 2.45) is 11.7 Å². The summed E-state index contributed by atoms with van der Waals surface area (Å²) >= 11 is 0. The van der Waals surface area contributed by atoms with E-state index in [0.717, 1.165) is 23.3 Å². The van der Waals surface area contributed by atoms with Crippen LogP contribution in [0.2, 0.25) is 0 Å². The van der Waals surface area contributed by atoms with Gasteiger partial charge in [-0.1, -0.05) is 13.8 Å². The summed E-state index contributed by atoms with van der Waals surface area (Å²) in [6.45, 7) is 4.94. The Morgan fingerprint density at radius 3 is 3.00 bits per heavy atom. The van der Waals surface area contributed by atoms with Crippen molar-refractivity contribution < 1.29 is 4.42 Å². The second-order valence-electron chi connectivity index (χ2n) is 4.28. The van der Waals surface area contributed by atoms with Crippen LogP contribution in [0.25, 0.3) is 11.0 Å². The number of aromatic nitrogens is 1. The zero-order valence-electron chi connectivity index (χ0n) is 9.60. The third-order valence-corrected chi connectivity index (χ3v) is 2.74. The van der Waals surface area contributed by atoms with E-state index in [1.54, 1.807) is 12.5 Å². The summed E-state index contributed by atoms with van der Waals surface area (Å²) < 4.78 is 5.30. The highest BCUT2D eigenvalue weighted by molar-refractivity contribution is 5.87. The van der Waals surface area contributed by atoms with Crippen LogP contribution in [0.3, 0.4) is 0 Å². The zero-order valence-corrected chi connectivity index (χ0v) is 9.60. The molecule has 0 radical (unpaired) electrons. The van der Waals surface area contributed by atoms with Crippen molar-refractivity contribution in [2.45, 2.75) is 19.9 Å². The van der Waals surface area contributed by atoms with Gasteiger partial charge in [0, 0.05) is 18.8 Å². The van der Waals surface area contributed by atoms with Gasteiger partial charge >= 0.3 is 0 Å². The van der Waals surface area contributed by atoms with Crippen LogP contribution in [0.5, 0.6) is 0 Å². The number of fused-ring (bicyclic) bond motifs is 1. The van der Waals surface area contributed by atoms with E-state index in [9.17, 15) is 0 Å². The Balaban J connectivity index is 2.12. The fourth-order valence-electron chi connectivity index (χ4n) is 1.49. The van der Waals surface area contributed by atoms with Crippen molar-refractivity contribution in [3.8, 4) is 0 Å². The highest BCUT2D eigenvalue weighted by Gasteiger charge is 2.09. The number of nitrogens with one attached hydrogen (secondary N) is 1. The molecule has 1 atom stereocenters. The van der Waals surface area contributed by atoms with Crippen LogP contribution in [0.15, 0.2) is 29.0 Å². The maximum absolute atomic E-state index is 5.97. The average Bonchev–Trinajstić information content (AvgIpc) is 2.73. The molecule has 3 N–H and O–H groups in total. The standard InChI is InChI=1S/C12H17N3O/c1-8(2)10(13)7-15-12-9-4-6-16-11(9)3-5-14-12/h3-6,8,10H,7,13H2,1-2H3,(H,14,15). The van der Waals surface area contributed by atoms with Gasteiger partial charge < -0.3 is 15.5 Å². The Morgan fingerprint density at radius 2 is 2.25 bits per heavy atom. The Kier molecular flexibility index (Phi) is 3.10. The van der Waals surface area contributed by atoms with Crippen LogP contribution in [-0.4, -0.2) is 17.6 Å². The lowest BCUT2D eigenvalue weighted by Crippen LogP contribution is -2.34. The van der Waals surface area contributed by atoms with E-state index in [2.05, 4.69) is 24.1 Å². The lowest BCUT2D eigenvalue weighted by Gasteiger charge is -2.16. The molecule has 86 valence electrons. The molecule has 0 aromatic carbocycles. The Morgan fingerprint density at radius 1 is 1.44 bits per heavy atom. The Bertz CT molecular complexity index is 464. The van der Waals surface area contributed by atoms with Gasteiger partial charge in [-0.2, -0.15) is 0 Å². The number of nitrogens with two attached hydrogens (primary N) is 1. The molecule has 2 aromatic heterocycles. The molecule has 2 rings (SSSR count). The van der Waals surface area contributed by atoms with Crippen molar-refractivity contribution in [3.63, 3.8) is 0 Å².